The minimum absolute atomic E-state index is 0.0360. The molecule has 4 rings (SSSR count). The fourth-order valence-corrected chi connectivity index (χ4v) is 4.17. The highest BCUT2D eigenvalue weighted by Crippen LogP contribution is 2.45. The molecular formula is C20H23N3O3. The summed E-state index contributed by atoms with van der Waals surface area (Å²) in [6.45, 7) is 2.15. The number of benzene rings is 1. The van der Waals surface area contributed by atoms with Crippen LogP contribution in [0.15, 0.2) is 42.6 Å². The number of fused-ring (bicyclic) bond motifs is 2. The van der Waals surface area contributed by atoms with E-state index in [-0.39, 0.29) is 24.8 Å². The zero-order chi connectivity index (χ0) is 18.1. The monoisotopic (exact) mass is 353 g/mol. The Morgan fingerprint density at radius 3 is 2.58 bits per heavy atom. The zero-order valence-electron chi connectivity index (χ0n) is 14.8. The molecule has 0 radical (unpaired) electrons. The molecule has 6 heteroatoms. The van der Waals surface area contributed by atoms with Gasteiger partial charge in [0.05, 0.1) is 0 Å². The summed E-state index contributed by atoms with van der Waals surface area (Å²) in [7, 11) is 0. The number of carbonyl (C=O) groups excluding carboxylic acids is 1. The Hall–Kier alpha value is -2.47. The number of hydrogen-bond acceptors (Lipinski definition) is 5. The van der Waals surface area contributed by atoms with Crippen molar-refractivity contribution >= 4 is 6.09 Å². The third kappa shape index (κ3) is 3.17. The first-order valence-electron chi connectivity index (χ1n) is 9.07. The van der Waals surface area contributed by atoms with E-state index in [1.165, 1.54) is 0 Å². The van der Waals surface area contributed by atoms with Crippen LogP contribution in [0.3, 0.4) is 0 Å². The van der Waals surface area contributed by atoms with Crippen molar-refractivity contribution in [3.63, 3.8) is 0 Å². The SMILES string of the molecule is Cc1ccnc(C2(O)CC3CCC(C2)N3C(=O)OCc2ccccc2)n1. The first-order valence-corrected chi connectivity index (χ1v) is 9.07. The number of aromatic nitrogens is 2. The second-order valence-electron chi connectivity index (χ2n) is 7.29. The minimum Gasteiger partial charge on any atom is -0.445 e. The lowest BCUT2D eigenvalue weighted by molar-refractivity contribution is -0.0595. The van der Waals surface area contributed by atoms with Crippen molar-refractivity contribution in [3.8, 4) is 0 Å². The van der Waals surface area contributed by atoms with E-state index in [2.05, 4.69) is 9.97 Å². The van der Waals surface area contributed by atoms with Crippen LogP contribution in [0.4, 0.5) is 4.79 Å². The summed E-state index contributed by atoms with van der Waals surface area (Å²) in [6, 6.07) is 11.4. The van der Waals surface area contributed by atoms with Crippen molar-refractivity contribution in [1.29, 1.82) is 0 Å². The smallest absolute Gasteiger partial charge is 0.410 e. The molecule has 2 aromatic rings. The van der Waals surface area contributed by atoms with Crippen LogP contribution in [-0.2, 0) is 16.9 Å². The molecule has 0 spiro atoms. The van der Waals surface area contributed by atoms with Crippen LogP contribution >= 0.6 is 0 Å². The molecule has 1 aromatic heterocycles. The van der Waals surface area contributed by atoms with E-state index in [1.54, 1.807) is 6.20 Å². The Balaban J connectivity index is 1.46. The summed E-state index contributed by atoms with van der Waals surface area (Å²) in [5, 5.41) is 11.2. The van der Waals surface area contributed by atoms with Gasteiger partial charge < -0.3 is 14.7 Å². The molecule has 2 unspecified atom stereocenters. The van der Waals surface area contributed by atoms with Crippen LogP contribution in [0.5, 0.6) is 0 Å². The van der Waals surface area contributed by atoms with Crippen molar-refractivity contribution < 1.29 is 14.6 Å². The highest BCUT2D eigenvalue weighted by atomic mass is 16.6. The van der Waals surface area contributed by atoms with Gasteiger partial charge in [0.2, 0.25) is 0 Å². The molecule has 1 N–H and O–H groups in total. The maximum absolute atomic E-state index is 12.6. The molecule has 3 heterocycles. The van der Waals surface area contributed by atoms with E-state index in [0.29, 0.717) is 18.7 Å². The van der Waals surface area contributed by atoms with Crippen LogP contribution in [0, 0.1) is 6.92 Å². The molecule has 6 nitrogen and oxygen atoms in total. The number of nitrogens with zero attached hydrogens (tertiary/aromatic N) is 3. The van der Waals surface area contributed by atoms with Crippen LogP contribution in [0.25, 0.3) is 0 Å². The van der Waals surface area contributed by atoms with E-state index in [9.17, 15) is 9.90 Å². The van der Waals surface area contributed by atoms with E-state index < -0.39 is 5.60 Å². The Morgan fingerprint density at radius 2 is 1.92 bits per heavy atom. The van der Waals surface area contributed by atoms with Gasteiger partial charge in [-0.3, -0.25) is 0 Å². The molecular weight excluding hydrogens is 330 g/mol. The van der Waals surface area contributed by atoms with Crippen LogP contribution in [0.2, 0.25) is 0 Å². The Labute approximate surface area is 152 Å². The lowest BCUT2D eigenvalue weighted by Crippen LogP contribution is -2.52. The number of aliphatic hydroxyl groups is 1. The highest BCUT2D eigenvalue weighted by molar-refractivity contribution is 5.69. The van der Waals surface area contributed by atoms with Gasteiger partial charge in [-0.1, -0.05) is 30.3 Å². The number of piperidine rings is 1. The van der Waals surface area contributed by atoms with Gasteiger partial charge >= 0.3 is 6.09 Å². The van der Waals surface area contributed by atoms with E-state index >= 15 is 0 Å². The lowest BCUT2D eigenvalue weighted by atomic mass is 9.85. The van der Waals surface area contributed by atoms with Crippen molar-refractivity contribution in [2.24, 2.45) is 0 Å². The van der Waals surface area contributed by atoms with Crippen LogP contribution < -0.4 is 0 Å². The van der Waals surface area contributed by atoms with Gasteiger partial charge in [-0.05, 0) is 31.4 Å². The Morgan fingerprint density at radius 1 is 1.23 bits per heavy atom. The van der Waals surface area contributed by atoms with Gasteiger partial charge in [0.15, 0.2) is 5.82 Å². The van der Waals surface area contributed by atoms with Crippen molar-refractivity contribution in [2.45, 2.75) is 56.9 Å². The molecule has 2 aliphatic rings. The predicted octanol–water partition coefficient (Wildman–Crippen LogP) is 2.94. The summed E-state index contributed by atoms with van der Waals surface area (Å²) in [4.78, 5) is 23.1. The number of carbonyl (C=O) groups is 1. The second-order valence-corrected chi connectivity index (χ2v) is 7.29. The molecule has 2 fully saturated rings. The third-order valence-electron chi connectivity index (χ3n) is 5.39. The molecule has 2 bridgehead atoms. The average molecular weight is 353 g/mol. The summed E-state index contributed by atoms with van der Waals surface area (Å²) >= 11 is 0. The molecule has 2 aliphatic heterocycles. The van der Waals surface area contributed by atoms with Gasteiger partial charge in [0.25, 0.3) is 0 Å². The topological polar surface area (TPSA) is 75.6 Å². The summed E-state index contributed by atoms with van der Waals surface area (Å²) in [6.07, 6.45) is 4.03. The molecule has 0 aliphatic carbocycles. The third-order valence-corrected chi connectivity index (χ3v) is 5.39. The number of aryl methyl sites for hydroxylation is 1. The summed E-state index contributed by atoms with van der Waals surface area (Å²) in [5.74, 6) is 0.465. The minimum atomic E-state index is -1.08. The van der Waals surface area contributed by atoms with Crippen LogP contribution in [-0.4, -0.2) is 38.2 Å². The normalized spacial score (nSPS) is 27.4. The number of ether oxygens (including phenoxy) is 1. The fourth-order valence-electron chi connectivity index (χ4n) is 4.17. The molecule has 136 valence electrons. The van der Waals surface area contributed by atoms with E-state index in [0.717, 1.165) is 24.1 Å². The predicted molar refractivity (Wildman–Crippen MR) is 95.2 cm³/mol. The summed E-state index contributed by atoms with van der Waals surface area (Å²) < 4.78 is 5.52. The Kier molecular flexibility index (Phi) is 4.36. The summed E-state index contributed by atoms with van der Waals surface area (Å²) in [5.41, 5.74) is 0.726. The molecule has 1 amide bonds. The van der Waals surface area contributed by atoms with E-state index in [1.807, 2.05) is 48.2 Å². The maximum Gasteiger partial charge on any atom is 0.410 e. The first-order chi connectivity index (χ1) is 12.5. The number of amides is 1. The molecule has 2 atom stereocenters. The zero-order valence-corrected chi connectivity index (χ0v) is 14.8. The standard InChI is InChI=1S/C20H23N3O3/c1-14-9-10-21-18(22-14)20(25)11-16-7-8-17(12-20)23(16)19(24)26-13-15-5-3-2-4-6-15/h2-6,9-10,16-17,25H,7-8,11-13H2,1H3. The molecule has 0 saturated carbocycles. The lowest BCUT2D eigenvalue weighted by Gasteiger charge is -2.42. The van der Waals surface area contributed by atoms with Gasteiger partial charge in [-0.25, -0.2) is 14.8 Å². The van der Waals surface area contributed by atoms with Crippen molar-refractivity contribution in [1.82, 2.24) is 14.9 Å². The highest BCUT2D eigenvalue weighted by Gasteiger charge is 2.51. The van der Waals surface area contributed by atoms with Crippen molar-refractivity contribution in [3.05, 3.63) is 59.7 Å². The quantitative estimate of drug-likeness (QED) is 0.918. The second kappa shape index (κ2) is 6.68. The average Bonchev–Trinajstić information content (AvgIpc) is 2.93. The van der Waals surface area contributed by atoms with Crippen LogP contribution in [0.1, 0.15) is 42.8 Å². The largest absolute Gasteiger partial charge is 0.445 e. The molecule has 1 aromatic carbocycles. The number of hydrogen-bond donors (Lipinski definition) is 1. The van der Waals surface area contributed by atoms with Gasteiger partial charge in [-0.15, -0.1) is 0 Å². The maximum atomic E-state index is 12.6. The Bertz CT molecular complexity index is 782. The number of rotatable bonds is 3. The fraction of sp³-hybridized carbons (Fsp3) is 0.450. The van der Waals surface area contributed by atoms with Gasteiger partial charge in [0.1, 0.15) is 12.2 Å². The van der Waals surface area contributed by atoms with E-state index in [4.69, 9.17) is 4.74 Å². The first kappa shape index (κ1) is 17.0. The van der Waals surface area contributed by atoms with Gasteiger partial charge in [0, 0.05) is 36.8 Å². The van der Waals surface area contributed by atoms with Crippen molar-refractivity contribution in [2.75, 3.05) is 0 Å². The van der Waals surface area contributed by atoms with Gasteiger partial charge in [-0.2, -0.15) is 0 Å². The molecule has 26 heavy (non-hydrogen) atoms. The molecule has 2 saturated heterocycles.